The Balaban J connectivity index is 3.21. The number of amides is 1. The first-order valence-corrected chi connectivity index (χ1v) is 8.79. The number of hydrogen-bond acceptors (Lipinski definition) is 4. The molecule has 0 saturated heterocycles. The van der Waals surface area contributed by atoms with Crippen molar-refractivity contribution in [2.45, 2.75) is 65.1 Å². The summed E-state index contributed by atoms with van der Waals surface area (Å²) < 4.78 is 40.8. The highest BCUT2D eigenvalue weighted by Gasteiger charge is 2.42. The second-order valence-corrected chi connectivity index (χ2v) is 7.76. The van der Waals surface area contributed by atoms with E-state index in [-0.39, 0.29) is 13.1 Å². The number of hydrogen-bond donors (Lipinski definition) is 1. The normalized spacial score (nSPS) is 17.9. The maximum atomic E-state index is 13.6. The van der Waals surface area contributed by atoms with Crippen molar-refractivity contribution in [2.24, 2.45) is 16.1 Å². The van der Waals surface area contributed by atoms with E-state index in [1.54, 1.807) is 0 Å². The van der Waals surface area contributed by atoms with Crippen LogP contribution in [0.3, 0.4) is 0 Å². The van der Waals surface area contributed by atoms with E-state index in [1.165, 1.54) is 0 Å². The molecular weight excluding hydrogens is 347 g/mol. The van der Waals surface area contributed by atoms with Crippen LogP contribution in [0.5, 0.6) is 0 Å². The smallest absolute Gasteiger partial charge is 0.404 e. The molecule has 1 saturated carbocycles. The lowest BCUT2D eigenvalue weighted by Crippen LogP contribution is -2.43. The summed E-state index contributed by atoms with van der Waals surface area (Å²) in [4.78, 5) is 28.5. The molecule has 0 spiro atoms. The number of nitrogens with zero attached hydrogens (tertiary/aromatic N) is 2. The zero-order chi connectivity index (χ0) is 20.0. The van der Waals surface area contributed by atoms with Crippen molar-refractivity contribution < 1.29 is 22.8 Å². The average molecular weight is 375 g/mol. The molecule has 0 bridgehead atoms. The molecule has 0 radical (unpaired) electrons. The molecule has 0 unspecified atom stereocenters. The third-order valence-corrected chi connectivity index (χ3v) is 4.05. The zero-order valence-electron chi connectivity index (χ0n) is 15.6. The van der Waals surface area contributed by atoms with E-state index < -0.39 is 34.8 Å². The maximum absolute atomic E-state index is 13.6. The minimum Gasteiger partial charge on any atom is -0.404 e. The van der Waals surface area contributed by atoms with Crippen LogP contribution < -0.4 is 5.73 Å². The minimum atomic E-state index is -4.80. The van der Waals surface area contributed by atoms with Crippen molar-refractivity contribution >= 4 is 17.9 Å². The number of nitrogens with two attached hydrogens (primary N) is 1. The molecule has 148 valence electrons. The van der Waals surface area contributed by atoms with Crippen LogP contribution >= 0.6 is 0 Å². The van der Waals surface area contributed by atoms with Gasteiger partial charge in [0.2, 0.25) is 0 Å². The summed E-state index contributed by atoms with van der Waals surface area (Å²) >= 11 is 0. The third kappa shape index (κ3) is 6.80. The first-order chi connectivity index (χ1) is 12.0. The van der Waals surface area contributed by atoms with Gasteiger partial charge in [-0.1, -0.05) is 40.0 Å². The molecule has 1 rings (SSSR count). The van der Waals surface area contributed by atoms with Crippen LogP contribution in [0.15, 0.2) is 16.8 Å². The van der Waals surface area contributed by atoms with Crippen LogP contribution in [0, 0.1) is 5.41 Å². The molecule has 1 aliphatic carbocycles. The maximum Gasteiger partial charge on any atom is 0.433 e. The highest BCUT2D eigenvalue weighted by molar-refractivity contribution is 6.23. The van der Waals surface area contributed by atoms with E-state index in [0.29, 0.717) is 25.3 Å². The summed E-state index contributed by atoms with van der Waals surface area (Å²) in [6, 6.07) is -0.467. The van der Waals surface area contributed by atoms with Gasteiger partial charge in [-0.3, -0.25) is 9.79 Å². The molecule has 26 heavy (non-hydrogen) atoms. The number of alkyl halides is 3. The van der Waals surface area contributed by atoms with Gasteiger partial charge in [0.05, 0.1) is 18.2 Å². The van der Waals surface area contributed by atoms with Gasteiger partial charge in [0.1, 0.15) is 6.29 Å². The summed E-state index contributed by atoms with van der Waals surface area (Å²) in [6.07, 6.45) is 0.0719. The van der Waals surface area contributed by atoms with Gasteiger partial charge in [-0.25, -0.2) is 0 Å². The van der Waals surface area contributed by atoms with Crippen molar-refractivity contribution in [1.82, 2.24) is 4.90 Å². The largest absolute Gasteiger partial charge is 0.433 e. The molecule has 1 fully saturated rings. The van der Waals surface area contributed by atoms with Crippen molar-refractivity contribution in [3.05, 3.63) is 11.8 Å². The van der Waals surface area contributed by atoms with Crippen LogP contribution in [0.1, 0.15) is 52.9 Å². The Labute approximate surface area is 152 Å². The molecule has 8 heteroatoms. The molecule has 1 amide bonds. The number of rotatable bonds is 6. The zero-order valence-corrected chi connectivity index (χ0v) is 15.6. The molecule has 2 N–H and O–H groups in total. The van der Waals surface area contributed by atoms with Gasteiger partial charge in [0.15, 0.2) is 5.71 Å². The highest BCUT2D eigenvalue weighted by Crippen LogP contribution is 2.28. The molecule has 0 atom stereocenters. The van der Waals surface area contributed by atoms with Gasteiger partial charge < -0.3 is 15.4 Å². The lowest BCUT2D eigenvalue weighted by Gasteiger charge is -2.30. The van der Waals surface area contributed by atoms with Crippen molar-refractivity contribution in [3.8, 4) is 0 Å². The Morgan fingerprint density at radius 3 is 2.19 bits per heavy atom. The Morgan fingerprint density at radius 1 is 1.19 bits per heavy atom. The van der Waals surface area contributed by atoms with Crippen LogP contribution in [-0.2, 0) is 9.59 Å². The predicted molar refractivity (Wildman–Crippen MR) is 94.7 cm³/mol. The van der Waals surface area contributed by atoms with Gasteiger partial charge in [-0.05, 0) is 18.3 Å². The van der Waals surface area contributed by atoms with Crippen molar-refractivity contribution in [3.63, 3.8) is 0 Å². The van der Waals surface area contributed by atoms with E-state index in [1.807, 2.05) is 20.8 Å². The number of halogens is 3. The molecule has 5 nitrogen and oxygen atoms in total. The number of carbonyl (C=O) groups excluding carboxylic acids is 2. The fraction of sp³-hybridized carbons (Fsp3) is 0.722. The summed E-state index contributed by atoms with van der Waals surface area (Å²) in [6.45, 7) is 5.29. The molecule has 0 aromatic rings. The first-order valence-electron chi connectivity index (χ1n) is 8.79. The van der Waals surface area contributed by atoms with Crippen LogP contribution in [-0.4, -0.2) is 48.1 Å². The summed E-state index contributed by atoms with van der Waals surface area (Å²) in [7, 11) is 0. The van der Waals surface area contributed by atoms with Crippen LogP contribution in [0.2, 0.25) is 0 Å². The lowest BCUT2D eigenvalue weighted by molar-refractivity contribution is -0.130. The highest BCUT2D eigenvalue weighted by atomic mass is 19.4. The fourth-order valence-corrected chi connectivity index (χ4v) is 2.99. The van der Waals surface area contributed by atoms with Crippen LogP contribution in [0.25, 0.3) is 0 Å². The molecule has 1 aliphatic rings. The molecule has 0 aromatic heterocycles. The Bertz CT molecular complexity index is 557. The number of aliphatic imine (C=N–C) groups is 1. The van der Waals surface area contributed by atoms with Gasteiger partial charge in [0.25, 0.3) is 5.91 Å². The fourth-order valence-electron chi connectivity index (χ4n) is 2.99. The Hall–Kier alpha value is -1.86. The van der Waals surface area contributed by atoms with E-state index in [0.717, 1.165) is 24.2 Å². The van der Waals surface area contributed by atoms with Gasteiger partial charge in [0, 0.05) is 12.7 Å². The minimum absolute atomic E-state index is 0.122. The summed E-state index contributed by atoms with van der Waals surface area (Å²) in [5.41, 5.74) is 3.06. The number of carbonyl (C=O) groups is 2. The SMILES string of the molecule is CC(C)(C)CN(CC=O)C(=O)C(=CN)C(=NC1CCCCC1)C(F)(F)F. The summed E-state index contributed by atoms with van der Waals surface area (Å²) in [5.74, 6) is -0.929. The van der Waals surface area contributed by atoms with E-state index >= 15 is 0 Å². The monoisotopic (exact) mass is 375 g/mol. The molecule has 0 heterocycles. The number of aldehydes is 1. The Morgan fingerprint density at radius 2 is 1.77 bits per heavy atom. The molecular formula is C18H28F3N3O2. The van der Waals surface area contributed by atoms with Gasteiger partial charge in [-0.15, -0.1) is 0 Å². The second-order valence-electron chi connectivity index (χ2n) is 7.76. The van der Waals surface area contributed by atoms with Crippen molar-refractivity contribution in [2.75, 3.05) is 13.1 Å². The lowest BCUT2D eigenvalue weighted by atomic mass is 9.94. The van der Waals surface area contributed by atoms with Crippen LogP contribution in [0.4, 0.5) is 13.2 Å². The summed E-state index contributed by atoms with van der Waals surface area (Å²) in [5, 5.41) is 0. The first kappa shape index (κ1) is 22.2. The average Bonchev–Trinajstić information content (AvgIpc) is 2.53. The quantitative estimate of drug-likeness (QED) is 0.440. The Kier molecular flexibility index (Phi) is 7.84. The molecule has 0 aromatic carbocycles. The van der Waals surface area contributed by atoms with E-state index in [9.17, 15) is 22.8 Å². The second kappa shape index (κ2) is 9.19. The van der Waals surface area contributed by atoms with Crippen molar-refractivity contribution in [1.29, 1.82) is 0 Å². The molecule has 0 aliphatic heterocycles. The van der Waals surface area contributed by atoms with Gasteiger partial charge in [-0.2, -0.15) is 13.2 Å². The predicted octanol–water partition coefficient (Wildman–Crippen LogP) is 3.24. The third-order valence-electron chi connectivity index (χ3n) is 4.05. The van der Waals surface area contributed by atoms with Gasteiger partial charge >= 0.3 is 6.18 Å². The standard InChI is InChI=1S/C18H28F3N3O2/c1-17(2,3)12-24(9-10-25)16(26)14(11-22)15(18(19,20)21)23-13-7-5-4-6-8-13/h10-11,13H,4-9,12,22H2,1-3H3. The van der Waals surface area contributed by atoms with E-state index in [2.05, 4.69) is 4.99 Å². The topological polar surface area (TPSA) is 75.8 Å². The van der Waals surface area contributed by atoms with E-state index in [4.69, 9.17) is 5.73 Å².